The van der Waals surface area contributed by atoms with Crippen LogP contribution in [0, 0.1) is 0 Å². The lowest BCUT2D eigenvalue weighted by molar-refractivity contribution is 0.923. The topological polar surface area (TPSA) is 12.9 Å². The van der Waals surface area contributed by atoms with Crippen molar-refractivity contribution >= 4 is 18.7 Å². The smallest absolute Gasteiger partial charge is 0.0655 e. The lowest BCUT2D eigenvalue weighted by Gasteiger charge is -2.02. The first kappa shape index (κ1) is 9.33. The average molecular weight is 179 g/mol. The van der Waals surface area contributed by atoms with Crippen LogP contribution < -0.4 is 0 Å². The summed E-state index contributed by atoms with van der Waals surface area (Å²) in [4.78, 5) is 4.21. The molecule has 1 aromatic heterocycles. The lowest BCUT2D eigenvalue weighted by Crippen LogP contribution is -1.92. The maximum absolute atomic E-state index is 4.21. The third-order valence-electron chi connectivity index (χ3n) is 1.72. The van der Waals surface area contributed by atoms with Crippen molar-refractivity contribution in [1.29, 1.82) is 0 Å². The van der Waals surface area contributed by atoms with Gasteiger partial charge in [0.05, 0.1) is 5.69 Å². The summed E-state index contributed by atoms with van der Waals surface area (Å²) in [5, 5.41) is 0. The summed E-state index contributed by atoms with van der Waals surface area (Å²) in [5.74, 6) is 0.922. The van der Waals surface area contributed by atoms with Gasteiger partial charge in [0.2, 0.25) is 0 Å². The largest absolute Gasteiger partial charge is 0.257 e. The zero-order valence-electron chi connectivity index (χ0n) is 7.03. The van der Waals surface area contributed by atoms with E-state index < -0.39 is 0 Å². The first-order valence-corrected chi connectivity index (χ1v) is 4.69. The van der Waals surface area contributed by atoms with Crippen LogP contribution in [0.25, 0.3) is 6.08 Å². The first-order chi connectivity index (χ1) is 5.88. The average Bonchev–Trinajstić information content (AvgIpc) is 2.15. The van der Waals surface area contributed by atoms with E-state index in [1.165, 1.54) is 5.56 Å². The summed E-state index contributed by atoms with van der Waals surface area (Å²) >= 11 is 4.17. The Kier molecular flexibility index (Phi) is 3.88. The normalized spacial score (nSPS) is 9.75. The Bertz CT molecular complexity index is 258. The van der Waals surface area contributed by atoms with Crippen LogP contribution in [0.5, 0.6) is 0 Å². The number of aromatic nitrogens is 1. The molecular formula is C10H13NS. The van der Waals surface area contributed by atoms with Crippen LogP contribution >= 0.6 is 12.6 Å². The Morgan fingerprint density at radius 1 is 1.58 bits per heavy atom. The van der Waals surface area contributed by atoms with E-state index in [4.69, 9.17) is 0 Å². The van der Waals surface area contributed by atoms with E-state index in [-0.39, 0.29) is 0 Å². The number of aryl methyl sites for hydroxylation is 1. The van der Waals surface area contributed by atoms with Gasteiger partial charge >= 0.3 is 0 Å². The maximum Gasteiger partial charge on any atom is 0.0655 e. The predicted molar refractivity (Wildman–Crippen MR) is 56.5 cm³/mol. The van der Waals surface area contributed by atoms with E-state index in [0.29, 0.717) is 0 Å². The van der Waals surface area contributed by atoms with Crippen molar-refractivity contribution in [2.24, 2.45) is 0 Å². The lowest BCUT2D eigenvalue weighted by atomic mass is 10.1. The van der Waals surface area contributed by atoms with Crippen molar-refractivity contribution in [3.05, 3.63) is 36.2 Å². The highest BCUT2D eigenvalue weighted by Gasteiger charge is 1.97. The summed E-state index contributed by atoms with van der Waals surface area (Å²) in [5.41, 5.74) is 2.26. The van der Waals surface area contributed by atoms with E-state index >= 15 is 0 Å². The molecule has 0 aliphatic heterocycles. The summed E-state index contributed by atoms with van der Waals surface area (Å²) in [6.07, 6.45) is 5.73. The van der Waals surface area contributed by atoms with Gasteiger partial charge < -0.3 is 0 Å². The molecule has 1 rings (SSSR count). The van der Waals surface area contributed by atoms with E-state index in [1.54, 1.807) is 12.3 Å². The first-order valence-electron chi connectivity index (χ1n) is 4.05. The Hall–Kier alpha value is -0.760. The number of thiol groups is 1. The molecule has 1 aromatic rings. The molecule has 0 atom stereocenters. The zero-order chi connectivity index (χ0) is 8.81. The van der Waals surface area contributed by atoms with Crippen LogP contribution in [-0.4, -0.2) is 10.7 Å². The van der Waals surface area contributed by atoms with Crippen LogP contribution in [-0.2, 0) is 6.42 Å². The van der Waals surface area contributed by atoms with Gasteiger partial charge in [0.25, 0.3) is 0 Å². The fourth-order valence-corrected chi connectivity index (χ4v) is 1.27. The Labute approximate surface area is 78.9 Å². The van der Waals surface area contributed by atoms with Crippen molar-refractivity contribution in [3.63, 3.8) is 0 Å². The van der Waals surface area contributed by atoms with Gasteiger partial charge in [0.1, 0.15) is 0 Å². The highest BCUT2D eigenvalue weighted by Crippen LogP contribution is 2.09. The Morgan fingerprint density at radius 2 is 2.42 bits per heavy atom. The van der Waals surface area contributed by atoms with E-state index in [2.05, 4.69) is 30.3 Å². The molecule has 0 radical (unpaired) electrons. The van der Waals surface area contributed by atoms with Gasteiger partial charge in [-0.1, -0.05) is 12.6 Å². The highest BCUT2D eigenvalue weighted by molar-refractivity contribution is 7.80. The molecule has 0 saturated carbocycles. The highest BCUT2D eigenvalue weighted by atomic mass is 32.1. The molecule has 0 saturated heterocycles. The van der Waals surface area contributed by atoms with Crippen molar-refractivity contribution in [1.82, 2.24) is 4.98 Å². The molecule has 0 aromatic carbocycles. The minimum atomic E-state index is 0.922. The van der Waals surface area contributed by atoms with Crippen LogP contribution in [0.2, 0.25) is 0 Å². The fourth-order valence-electron chi connectivity index (χ4n) is 1.12. The van der Waals surface area contributed by atoms with Gasteiger partial charge in [-0.2, -0.15) is 12.6 Å². The molecule has 12 heavy (non-hydrogen) atoms. The van der Waals surface area contributed by atoms with Crippen molar-refractivity contribution < 1.29 is 0 Å². The quantitative estimate of drug-likeness (QED) is 0.701. The minimum Gasteiger partial charge on any atom is -0.257 e. The third kappa shape index (κ3) is 2.38. The molecule has 0 N–H and O–H groups in total. The van der Waals surface area contributed by atoms with E-state index in [9.17, 15) is 0 Å². The number of nitrogens with zero attached hydrogens (tertiary/aromatic N) is 1. The number of rotatable bonds is 4. The van der Waals surface area contributed by atoms with Gasteiger partial charge in [-0.25, -0.2) is 0 Å². The zero-order valence-corrected chi connectivity index (χ0v) is 7.93. The van der Waals surface area contributed by atoms with Crippen LogP contribution in [0.3, 0.4) is 0 Å². The molecule has 0 aliphatic carbocycles. The van der Waals surface area contributed by atoms with E-state index in [0.717, 1.165) is 24.3 Å². The maximum atomic E-state index is 4.21. The molecule has 1 heterocycles. The molecule has 0 amide bonds. The number of pyridine rings is 1. The standard InChI is InChI=1S/C10H13NS/c1-2-10-9(6-4-8-12)5-3-7-11-10/h2-3,5,7,12H,1,4,6,8H2. The minimum absolute atomic E-state index is 0.922. The summed E-state index contributed by atoms with van der Waals surface area (Å²) in [6, 6.07) is 4.05. The Balaban J connectivity index is 2.75. The molecule has 0 spiro atoms. The van der Waals surface area contributed by atoms with Crippen LogP contribution in [0.15, 0.2) is 24.9 Å². The van der Waals surface area contributed by atoms with Gasteiger partial charge in [0, 0.05) is 6.20 Å². The molecule has 1 nitrogen and oxygen atoms in total. The molecule has 2 heteroatoms. The second kappa shape index (κ2) is 4.99. The van der Waals surface area contributed by atoms with Gasteiger partial charge in [-0.05, 0) is 36.3 Å². The monoisotopic (exact) mass is 179 g/mol. The van der Waals surface area contributed by atoms with Crippen molar-refractivity contribution in [2.75, 3.05) is 5.75 Å². The van der Waals surface area contributed by atoms with Crippen molar-refractivity contribution in [2.45, 2.75) is 12.8 Å². The molecule has 64 valence electrons. The Morgan fingerprint density at radius 3 is 3.08 bits per heavy atom. The molecular weight excluding hydrogens is 166 g/mol. The van der Waals surface area contributed by atoms with Crippen LogP contribution in [0.4, 0.5) is 0 Å². The number of hydrogen-bond donors (Lipinski definition) is 1. The van der Waals surface area contributed by atoms with Crippen molar-refractivity contribution in [3.8, 4) is 0 Å². The molecule has 0 fully saturated rings. The molecule has 0 bridgehead atoms. The predicted octanol–water partition coefficient (Wildman–Crippen LogP) is 2.59. The summed E-state index contributed by atoms with van der Waals surface area (Å²) in [7, 11) is 0. The van der Waals surface area contributed by atoms with E-state index in [1.807, 2.05) is 6.07 Å². The summed E-state index contributed by atoms with van der Waals surface area (Å²) < 4.78 is 0. The molecule has 0 aliphatic rings. The second-order valence-electron chi connectivity index (χ2n) is 2.58. The van der Waals surface area contributed by atoms with Crippen LogP contribution in [0.1, 0.15) is 17.7 Å². The van der Waals surface area contributed by atoms with Gasteiger partial charge in [-0.3, -0.25) is 4.98 Å². The number of hydrogen-bond acceptors (Lipinski definition) is 2. The molecule has 0 unspecified atom stereocenters. The fraction of sp³-hybridized carbons (Fsp3) is 0.300. The second-order valence-corrected chi connectivity index (χ2v) is 3.03. The summed E-state index contributed by atoms with van der Waals surface area (Å²) in [6.45, 7) is 3.72. The van der Waals surface area contributed by atoms with Gasteiger partial charge in [-0.15, -0.1) is 0 Å². The SMILES string of the molecule is C=Cc1ncccc1CCCS. The van der Waals surface area contributed by atoms with Gasteiger partial charge in [0.15, 0.2) is 0 Å². The third-order valence-corrected chi connectivity index (χ3v) is 2.04.